The quantitative estimate of drug-likeness (QED) is 0.695. The van der Waals surface area contributed by atoms with Crippen LogP contribution in [0.1, 0.15) is 27.7 Å². The molecule has 0 rings (SSSR count). The Bertz CT molecular complexity index is 170. The number of hydrogen-bond donors (Lipinski definition) is 1. The average Bonchev–Trinajstić information content (AvgIpc) is 1.81. The third-order valence-corrected chi connectivity index (χ3v) is 1.73. The fourth-order valence-corrected chi connectivity index (χ4v) is 1.17. The molecule has 0 heterocycles. The van der Waals surface area contributed by atoms with Gasteiger partial charge in [0.05, 0.1) is 12.1 Å². The van der Waals surface area contributed by atoms with Gasteiger partial charge in [0.2, 0.25) is 0 Å². The number of nitrogens with zero attached hydrogens (tertiary/aromatic N) is 1. The van der Waals surface area contributed by atoms with E-state index in [-0.39, 0.29) is 11.7 Å². The van der Waals surface area contributed by atoms with Crippen molar-refractivity contribution in [3.63, 3.8) is 0 Å². The van der Waals surface area contributed by atoms with Gasteiger partial charge in [0.15, 0.2) is 0 Å². The lowest BCUT2D eigenvalue weighted by atomic mass is 10.1. The summed E-state index contributed by atoms with van der Waals surface area (Å²) >= 11 is 0. The predicted molar refractivity (Wildman–Crippen MR) is 53.6 cm³/mol. The van der Waals surface area contributed by atoms with Crippen molar-refractivity contribution >= 4 is 5.78 Å². The lowest BCUT2D eigenvalue weighted by molar-refractivity contribution is -0.123. The van der Waals surface area contributed by atoms with Crippen LogP contribution in [0.25, 0.3) is 0 Å². The third kappa shape index (κ3) is 6.72. The summed E-state index contributed by atoms with van der Waals surface area (Å²) in [6.07, 6.45) is 0. The summed E-state index contributed by atoms with van der Waals surface area (Å²) in [7, 11) is 1.85. The van der Waals surface area contributed by atoms with E-state index in [1.807, 2.05) is 25.8 Å². The van der Waals surface area contributed by atoms with E-state index in [4.69, 9.17) is 0 Å². The minimum absolute atomic E-state index is 0.0734. The summed E-state index contributed by atoms with van der Waals surface area (Å²) in [4.78, 5) is 13.2. The zero-order valence-electron chi connectivity index (χ0n) is 9.29. The first-order valence-corrected chi connectivity index (χ1v) is 4.66. The van der Waals surface area contributed by atoms with Gasteiger partial charge in [-0.05, 0) is 20.9 Å². The van der Waals surface area contributed by atoms with Crippen LogP contribution >= 0.6 is 0 Å². The first kappa shape index (κ1) is 12.6. The van der Waals surface area contributed by atoms with Gasteiger partial charge in [0.1, 0.15) is 5.78 Å². The predicted octanol–water partition coefficient (Wildman–Crippen LogP) is 0.914. The summed E-state index contributed by atoms with van der Waals surface area (Å²) in [6.45, 7) is 8.19. The average molecular weight is 187 g/mol. The van der Waals surface area contributed by atoms with E-state index in [1.54, 1.807) is 13.8 Å². The minimum atomic E-state index is -0.730. The van der Waals surface area contributed by atoms with Crippen molar-refractivity contribution in [3.8, 4) is 0 Å². The van der Waals surface area contributed by atoms with E-state index in [9.17, 15) is 9.90 Å². The second kappa shape index (κ2) is 4.72. The van der Waals surface area contributed by atoms with Crippen molar-refractivity contribution < 1.29 is 9.90 Å². The lowest BCUT2D eigenvalue weighted by Crippen LogP contribution is -2.39. The normalized spacial score (nSPS) is 12.6. The fraction of sp³-hybridized carbons (Fsp3) is 0.900. The Morgan fingerprint density at radius 2 is 1.92 bits per heavy atom. The highest BCUT2D eigenvalue weighted by Crippen LogP contribution is 2.04. The number of ketones is 1. The summed E-state index contributed by atoms with van der Waals surface area (Å²) in [6, 6.07) is 0. The molecule has 3 heteroatoms. The van der Waals surface area contributed by atoms with Crippen molar-refractivity contribution in [1.29, 1.82) is 0 Å². The van der Waals surface area contributed by atoms with Crippen LogP contribution < -0.4 is 0 Å². The van der Waals surface area contributed by atoms with Gasteiger partial charge >= 0.3 is 0 Å². The first-order valence-electron chi connectivity index (χ1n) is 4.66. The van der Waals surface area contributed by atoms with E-state index in [0.717, 1.165) is 0 Å². The second-order valence-corrected chi connectivity index (χ2v) is 4.61. The number of rotatable bonds is 5. The Balaban J connectivity index is 3.88. The molecular weight excluding hydrogens is 166 g/mol. The highest BCUT2D eigenvalue weighted by Gasteiger charge is 2.18. The highest BCUT2D eigenvalue weighted by atomic mass is 16.3. The SMILES string of the molecule is CC(C)C(=O)CN(C)CC(C)(C)O. The number of Topliss-reactive ketones (excluding diaryl/α,β-unsaturated/α-hetero) is 1. The van der Waals surface area contributed by atoms with Crippen molar-refractivity contribution in [2.75, 3.05) is 20.1 Å². The minimum Gasteiger partial charge on any atom is -0.389 e. The lowest BCUT2D eigenvalue weighted by Gasteiger charge is -2.25. The van der Waals surface area contributed by atoms with Gasteiger partial charge in [-0.1, -0.05) is 13.8 Å². The third-order valence-electron chi connectivity index (χ3n) is 1.73. The molecule has 0 amide bonds. The summed E-state index contributed by atoms with van der Waals surface area (Å²) < 4.78 is 0. The second-order valence-electron chi connectivity index (χ2n) is 4.61. The van der Waals surface area contributed by atoms with Gasteiger partial charge in [-0.25, -0.2) is 0 Å². The summed E-state index contributed by atoms with van der Waals surface area (Å²) in [5, 5.41) is 9.49. The molecule has 0 aromatic heterocycles. The molecule has 0 atom stereocenters. The number of hydrogen-bond acceptors (Lipinski definition) is 3. The van der Waals surface area contributed by atoms with Crippen molar-refractivity contribution in [3.05, 3.63) is 0 Å². The van der Waals surface area contributed by atoms with Crippen molar-refractivity contribution in [2.24, 2.45) is 5.92 Å². The van der Waals surface area contributed by atoms with Gasteiger partial charge in [-0.3, -0.25) is 9.69 Å². The van der Waals surface area contributed by atoms with E-state index < -0.39 is 5.60 Å². The van der Waals surface area contributed by atoms with Crippen molar-refractivity contribution in [2.45, 2.75) is 33.3 Å². The summed E-state index contributed by atoms with van der Waals surface area (Å²) in [5.41, 5.74) is -0.730. The standard InChI is InChI=1S/C10H21NO2/c1-8(2)9(12)6-11(5)7-10(3,4)13/h8,13H,6-7H2,1-5H3. The molecule has 1 N–H and O–H groups in total. The van der Waals surface area contributed by atoms with Crippen LogP contribution in [0.15, 0.2) is 0 Å². The van der Waals surface area contributed by atoms with Crippen LogP contribution in [0.4, 0.5) is 0 Å². The zero-order valence-corrected chi connectivity index (χ0v) is 9.29. The number of likely N-dealkylation sites (N-methyl/N-ethyl adjacent to an activating group) is 1. The molecule has 0 unspecified atom stereocenters. The molecule has 0 aromatic rings. The number of carbonyl (C=O) groups is 1. The molecular formula is C10H21NO2. The number of carbonyl (C=O) groups excluding carboxylic acids is 1. The molecule has 3 nitrogen and oxygen atoms in total. The Kier molecular flexibility index (Phi) is 4.57. The van der Waals surface area contributed by atoms with E-state index in [2.05, 4.69) is 0 Å². The molecule has 0 aromatic carbocycles. The topological polar surface area (TPSA) is 40.5 Å². The zero-order chi connectivity index (χ0) is 10.6. The molecule has 0 aliphatic carbocycles. The Labute approximate surface area is 80.7 Å². The van der Waals surface area contributed by atoms with Gasteiger partial charge in [-0.15, -0.1) is 0 Å². The smallest absolute Gasteiger partial charge is 0.149 e. The van der Waals surface area contributed by atoms with Crippen LogP contribution in [0.2, 0.25) is 0 Å². The molecule has 0 spiro atoms. The molecule has 13 heavy (non-hydrogen) atoms. The first-order chi connectivity index (χ1) is 5.72. The molecule has 0 aliphatic heterocycles. The molecule has 0 saturated heterocycles. The molecule has 0 radical (unpaired) electrons. The van der Waals surface area contributed by atoms with Gasteiger partial charge in [-0.2, -0.15) is 0 Å². The van der Waals surface area contributed by atoms with Gasteiger partial charge in [0, 0.05) is 12.5 Å². The van der Waals surface area contributed by atoms with Gasteiger partial charge in [0.25, 0.3) is 0 Å². The summed E-state index contributed by atoms with van der Waals surface area (Å²) in [5.74, 6) is 0.288. The molecule has 0 fully saturated rings. The van der Waals surface area contributed by atoms with Crippen LogP contribution in [0.5, 0.6) is 0 Å². The van der Waals surface area contributed by atoms with E-state index in [0.29, 0.717) is 13.1 Å². The molecule has 0 bridgehead atoms. The van der Waals surface area contributed by atoms with Crippen LogP contribution in [-0.4, -0.2) is 41.5 Å². The molecule has 0 aliphatic rings. The monoisotopic (exact) mass is 187 g/mol. The van der Waals surface area contributed by atoms with Crippen molar-refractivity contribution in [1.82, 2.24) is 4.90 Å². The van der Waals surface area contributed by atoms with Crippen LogP contribution in [-0.2, 0) is 4.79 Å². The maximum Gasteiger partial charge on any atom is 0.149 e. The van der Waals surface area contributed by atoms with E-state index in [1.165, 1.54) is 0 Å². The largest absolute Gasteiger partial charge is 0.389 e. The highest BCUT2D eigenvalue weighted by molar-refractivity contribution is 5.82. The molecule has 0 saturated carbocycles. The Morgan fingerprint density at radius 1 is 1.46 bits per heavy atom. The maximum absolute atomic E-state index is 11.3. The fourth-order valence-electron chi connectivity index (χ4n) is 1.17. The van der Waals surface area contributed by atoms with Gasteiger partial charge < -0.3 is 5.11 Å². The maximum atomic E-state index is 11.3. The Hall–Kier alpha value is -0.410. The van der Waals surface area contributed by atoms with Crippen LogP contribution in [0, 0.1) is 5.92 Å². The van der Waals surface area contributed by atoms with Crippen LogP contribution in [0.3, 0.4) is 0 Å². The Morgan fingerprint density at radius 3 is 2.23 bits per heavy atom. The molecule has 78 valence electrons. The van der Waals surface area contributed by atoms with E-state index >= 15 is 0 Å². The number of aliphatic hydroxyl groups is 1.